The number of benzene rings is 2. The molecule has 0 atom stereocenters. The summed E-state index contributed by atoms with van der Waals surface area (Å²) in [5.41, 5.74) is 6.13. The van der Waals surface area contributed by atoms with Crippen molar-refractivity contribution in [2.24, 2.45) is 0 Å². The SMILES string of the molecule is Nc1ccc(Oc2ccnc(NC(=O)Oc3ccccc3)c2)cc1Cl. The summed E-state index contributed by atoms with van der Waals surface area (Å²) in [6, 6.07) is 16.9. The normalized spacial score (nSPS) is 10.1. The molecule has 1 aromatic heterocycles. The van der Waals surface area contributed by atoms with Gasteiger partial charge in [0.1, 0.15) is 23.1 Å². The number of hydrogen-bond donors (Lipinski definition) is 2. The monoisotopic (exact) mass is 355 g/mol. The highest BCUT2D eigenvalue weighted by Crippen LogP contribution is 2.28. The summed E-state index contributed by atoms with van der Waals surface area (Å²) in [5, 5.41) is 2.94. The fourth-order valence-corrected chi connectivity index (χ4v) is 2.15. The second-order valence-corrected chi connectivity index (χ2v) is 5.40. The first-order valence-corrected chi connectivity index (χ1v) is 7.71. The zero-order valence-corrected chi connectivity index (χ0v) is 13.7. The van der Waals surface area contributed by atoms with Gasteiger partial charge in [-0.1, -0.05) is 29.8 Å². The Bertz CT molecular complexity index is 888. The Kier molecular flexibility index (Phi) is 5.01. The summed E-state index contributed by atoms with van der Waals surface area (Å²) in [4.78, 5) is 15.9. The maximum absolute atomic E-state index is 11.9. The van der Waals surface area contributed by atoms with Crippen molar-refractivity contribution in [2.45, 2.75) is 0 Å². The lowest BCUT2D eigenvalue weighted by Crippen LogP contribution is -2.17. The molecule has 3 N–H and O–H groups in total. The molecule has 1 heterocycles. The Morgan fingerprint density at radius 3 is 2.52 bits per heavy atom. The molecule has 1 amide bonds. The number of halogens is 1. The van der Waals surface area contributed by atoms with E-state index in [4.69, 9.17) is 26.8 Å². The van der Waals surface area contributed by atoms with E-state index in [0.717, 1.165) is 0 Å². The number of amides is 1. The van der Waals surface area contributed by atoms with Gasteiger partial charge in [-0.25, -0.2) is 9.78 Å². The van der Waals surface area contributed by atoms with Crippen molar-refractivity contribution in [2.75, 3.05) is 11.1 Å². The Morgan fingerprint density at radius 1 is 1.00 bits per heavy atom. The largest absolute Gasteiger partial charge is 0.457 e. The number of ether oxygens (including phenoxy) is 2. The molecule has 7 heteroatoms. The number of hydrogen-bond acceptors (Lipinski definition) is 5. The Balaban J connectivity index is 1.66. The first kappa shape index (κ1) is 16.6. The van der Waals surface area contributed by atoms with Crippen molar-refractivity contribution in [1.29, 1.82) is 0 Å². The number of anilines is 2. The van der Waals surface area contributed by atoms with Crippen LogP contribution in [0.2, 0.25) is 5.02 Å². The van der Waals surface area contributed by atoms with Gasteiger partial charge < -0.3 is 15.2 Å². The quantitative estimate of drug-likeness (QED) is 0.661. The van der Waals surface area contributed by atoms with E-state index in [-0.39, 0.29) is 0 Å². The van der Waals surface area contributed by atoms with Crippen molar-refractivity contribution in [3.63, 3.8) is 0 Å². The minimum atomic E-state index is -0.647. The molecular formula is C18H14ClN3O3. The molecule has 0 bridgehead atoms. The summed E-state index contributed by atoms with van der Waals surface area (Å²) in [6.45, 7) is 0. The maximum atomic E-state index is 11.9. The second kappa shape index (κ2) is 7.55. The summed E-state index contributed by atoms with van der Waals surface area (Å²) in [6.07, 6.45) is 0.859. The molecule has 6 nitrogen and oxygen atoms in total. The molecule has 3 aromatic rings. The molecule has 0 aliphatic heterocycles. The lowest BCUT2D eigenvalue weighted by Gasteiger charge is -2.09. The van der Waals surface area contributed by atoms with Gasteiger partial charge in [-0.15, -0.1) is 0 Å². The van der Waals surface area contributed by atoms with Crippen LogP contribution in [0.25, 0.3) is 0 Å². The van der Waals surface area contributed by atoms with Crippen LogP contribution in [0.3, 0.4) is 0 Å². The molecule has 2 aromatic carbocycles. The van der Waals surface area contributed by atoms with E-state index >= 15 is 0 Å². The van der Waals surface area contributed by atoms with Crippen LogP contribution >= 0.6 is 11.6 Å². The number of pyridine rings is 1. The summed E-state index contributed by atoms with van der Waals surface area (Å²) in [5.74, 6) is 1.72. The zero-order chi connectivity index (χ0) is 17.6. The highest BCUT2D eigenvalue weighted by molar-refractivity contribution is 6.33. The predicted molar refractivity (Wildman–Crippen MR) is 96.3 cm³/mol. The molecule has 0 saturated heterocycles. The molecule has 0 spiro atoms. The highest BCUT2D eigenvalue weighted by Gasteiger charge is 2.08. The maximum Gasteiger partial charge on any atom is 0.418 e. The third kappa shape index (κ3) is 4.62. The number of para-hydroxylation sites is 1. The minimum Gasteiger partial charge on any atom is -0.457 e. The van der Waals surface area contributed by atoms with Crippen LogP contribution in [0.4, 0.5) is 16.3 Å². The van der Waals surface area contributed by atoms with Gasteiger partial charge in [0, 0.05) is 18.3 Å². The van der Waals surface area contributed by atoms with Crippen molar-refractivity contribution < 1.29 is 14.3 Å². The molecule has 126 valence electrons. The first-order valence-electron chi connectivity index (χ1n) is 7.33. The van der Waals surface area contributed by atoms with Crippen LogP contribution in [0, 0.1) is 0 Å². The van der Waals surface area contributed by atoms with E-state index in [1.54, 1.807) is 54.6 Å². The van der Waals surface area contributed by atoms with Crippen LogP contribution in [0.1, 0.15) is 0 Å². The van der Waals surface area contributed by atoms with E-state index < -0.39 is 6.09 Å². The lowest BCUT2D eigenvalue weighted by molar-refractivity contribution is 0.215. The topological polar surface area (TPSA) is 86.5 Å². The van der Waals surface area contributed by atoms with Gasteiger partial charge in [0.25, 0.3) is 0 Å². The molecule has 0 radical (unpaired) electrons. The number of carbonyl (C=O) groups is 1. The zero-order valence-electron chi connectivity index (χ0n) is 13.0. The molecule has 25 heavy (non-hydrogen) atoms. The number of nitrogens with one attached hydrogen (secondary N) is 1. The third-order valence-corrected chi connectivity index (χ3v) is 3.45. The van der Waals surface area contributed by atoms with Gasteiger partial charge in [-0.3, -0.25) is 5.32 Å². The fourth-order valence-electron chi connectivity index (χ4n) is 1.98. The summed E-state index contributed by atoms with van der Waals surface area (Å²) in [7, 11) is 0. The molecule has 0 saturated carbocycles. The fraction of sp³-hybridized carbons (Fsp3) is 0. The van der Waals surface area contributed by atoms with Crippen LogP contribution in [-0.2, 0) is 0 Å². The van der Waals surface area contributed by atoms with Gasteiger partial charge in [0.15, 0.2) is 0 Å². The molecule has 0 fully saturated rings. The van der Waals surface area contributed by atoms with E-state index in [1.807, 2.05) is 6.07 Å². The number of nitrogens with two attached hydrogens (primary N) is 1. The van der Waals surface area contributed by atoms with Crippen molar-refractivity contribution in [1.82, 2.24) is 4.98 Å². The predicted octanol–water partition coefficient (Wildman–Crippen LogP) is 4.72. The average molecular weight is 356 g/mol. The molecular weight excluding hydrogens is 342 g/mol. The molecule has 0 unspecified atom stereocenters. The van der Waals surface area contributed by atoms with E-state index in [2.05, 4.69) is 10.3 Å². The number of aromatic nitrogens is 1. The van der Waals surface area contributed by atoms with E-state index in [9.17, 15) is 4.79 Å². The van der Waals surface area contributed by atoms with Gasteiger partial charge in [-0.2, -0.15) is 0 Å². The van der Waals surface area contributed by atoms with Gasteiger partial charge in [0.05, 0.1) is 10.7 Å². The standard InChI is InChI=1S/C18H14ClN3O3/c19-15-10-13(6-7-16(15)20)24-14-8-9-21-17(11-14)22-18(23)25-12-4-2-1-3-5-12/h1-11H,20H2,(H,21,22,23). The van der Waals surface area contributed by atoms with Gasteiger partial charge in [0.2, 0.25) is 0 Å². The Morgan fingerprint density at radius 2 is 1.76 bits per heavy atom. The van der Waals surface area contributed by atoms with Crippen molar-refractivity contribution in [3.05, 3.63) is 71.9 Å². The highest BCUT2D eigenvalue weighted by atomic mass is 35.5. The molecule has 0 aliphatic carbocycles. The third-order valence-electron chi connectivity index (χ3n) is 3.12. The lowest BCUT2D eigenvalue weighted by atomic mass is 10.3. The first-order chi connectivity index (χ1) is 12.1. The molecule has 3 rings (SSSR count). The number of nitrogen functional groups attached to an aromatic ring is 1. The van der Waals surface area contributed by atoms with Crippen LogP contribution < -0.4 is 20.5 Å². The summed E-state index contributed by atoms with van der Waals surface area (Å²) >= 11 is 5.97. The minimum absolute atomic E-state index is 0.292. The van der Waals surface area contributed by atoms with Crippen LogP contribution in [0.15, 0.2) is 66.9 Å². The number of nitrogens with zero attached hydrogens (tertiary/aromatic N) is 1. The van der Waals surface area contributed by atoms with Crippen molar-refractivity contribution in [3.8, 4) is 17.2 Å². The Hall–Kier alpha value is -3.25. The van der Waals surface area contributed by atoms with Crippen LogP contribution in [-0.4, -0.2) is 11.1 Å². The smallest absolute Gasteiger partial charge is 0.418 e. The number of carbonyl (C=O) groups excluding carboxylic acids is 1. The Labute approximate surface area is 149 Å². The summed E-state index contributed by atoms with van der Waals surface area (Å²) < 4.78 is 10.8. The van der Waals surface area contributed by atoms with Gasteiger partial charge in [-0.05, 0) is 30.3 Å². The molecule has 0 aliphatic rings. The van der Waals surface area contributed by atoms with Gasteiger partial charge >= 0.3 is 6.09 Å². The van der Waals surface area contributed by atoms with Crippen LogP contribution in [0.5, 0.6) is 17.2 Å². The second-order valence-electron chi connectivity index (χ2n) is 4.99. The number of rotatable bonds is 4. The van der Waals surface area contributed by atoms with E-state index in [0.29, 0.717) is 33.8 Å². The average Bonchev–Trinajstić information content (AvgIpc) is 2.59. The van der Waals surface area contributed by atoms with E-state index in [1.165, 1.54) is 6.20 Å². The van der Waals surface area contributed by atoms with Crippen molar-refractivity contribution >= 4 is 29.2 Å².